The third-order valence-corrected chi connectivity index (χ3v) is 4.61. The number of carboxylic acids is 2. The molecule has 0 saturated heterocycles. The highest BCUT2D eigenvalue weighted by Gasteiger charge is 2.24. The Morgan fingerprint density at radius 2 is 1.70 bits per heavy atom. The Kier molecular flexibility index (Phi) is 4.90. The van der Waals surface area contributed by atoms with Crippen LogP contribution < -0.4 is 0 Å². The SMILES string of the molecule is CC(C)c1c(CC(=O)O)c2cccc(C(=O)O)c2n1Cc1ccc(O)cc1. The lowest BCUT2D eigenvalue weighted by atomic mass is 10.00. The van der Waals surface area contributed by atoms with Gasteiger partial charge in [0.2, 0.25) is 0 Å². The van der Waals surface area contributed by atoms with Gasteiger partial charge in [-0.1, -0.05) is 38.1 Å². The molecule has 27 heavy (non-hydrogen) atoms. The minimum absolute atomic E-state index is 0.00510. The Hall–Kier alpha value is -3.28. The van der Waals surface area contributed by atoms with Crippen molar-refractivity contribution in [1.29, 1.82) is 0 Å². The summed E-state index contributed by atoms with van der Waals surface area (Å²) < 4.78 is 1.90. The molecular formula is C21H21NO5. The van der Waals surface area contributed by atoms with Crippen molar-refractivity contribution in [1.82, 2.24) is 4.57 Å². The maximum atomic E-state index is 11.8. The van der Waals surface area contributed by atoms with Gasteiger partial charge in [-0.25, -0.2) is 4.79 Å². The zero-order chi connectivity index (χ0) is 19.7. The lowest BCUT2D eigenvalue weighted by Gasteiger charge is -2.16. The number of nitrogens with zero attached hydrogens (tertiary/aromatic N) is 1. The molecule has 0 spiro atoms. The minimum atomic E-state index is -1.05. The van der Waals surface area contributed by atoms with Crippen LogP contribution in [0.3, 0.4) is 0 Å². The van der Waals surface area contributed by atoms with Gasteiger partial charge in [0.1, 0.15) is 5.75 Å². The van der Waals surface area contributed by atoms with E-state index in [4.69, 9.17) is 0 Å². The van der Waals surface area contributed by atoms with Crippen molar-refractivity contribution in [3.63, 3.8) is 0 Å². The van der Waals surface area contributed by atoms with E-state index in [0.29, 0.717) is 23.0 Å². The maximum Gasteiger partial charge on any atom is 0.337 e. The number of hydrogen-bond acceptors (Lipinski definition) is 3. The molecule has 2 aromatic carbocycles. The smallest absolute Gasteiger partial charge is 0.337 e. The fourth-order valence-electron chi connectivity index (χ4n) is 3.62. The van der Waals surface area contributed by atoms with E-state index >= 15 is 0 Å². The van der Waals surface area contributed by atoms with Gasteiger partial charge in [-0.2, -0.15) is 0 Å². The fourth-order valence-corrected chi connectivity index (χ4v) is 3.62. The summed E-state index contributed by atoms with van der Waals surface area (Å²) in [6.07, 6.45) is -0.171. The predicted octanol–water partition coefficient (Wildman–Crippen LogP) is 3.84. The molecule has 6 nitrogen and oxygen atoms in total. The molecule has 3 aromatic rings. The summed E-state index contributed by atoms with van der Waals surface area (Å²) in [5.41, 5.74) is 3.01. The zero-order valence-corrected chi connectivity index (χ0v) is 15.1. The highest BCUT2D eigenvalue weighted by molar-refractivity contribution is 6.04. The maximum absolute atomic E-state index is 11.8. The van der Waals surface area contributed by atoms with Crippen LogP contribution in [-0.4, -0.2) is 31.8 Å². The number of para-hydroxylation sites is 1. The van der Waals surface area contributed by atoms with Gasteiger partial charge in [-0.05, 0) is 35.2 Å². The van der Waals surface area contributed by atoms with Crippen molar-refractivity contribution in [3.8, 4) is 5.75 Å². The number of hydrogen-bond donors (Lipinski definition) is 3. The molecule has 0 radical (unpaired) electrons. The summed E-state index contributed by atoms with van der Waals surface area (Å²) >= 11 is 0. The molecule has 1 aromatic heterocycles. The molecule has 0 amide bonds. The Bertz CT molecular complexity index is 1020. The average Bonchev–Trinajstić information content (AvgIpc) is 2.90. The van der Waals surface area contributed by atoms with E-state index in [0.717, 1.165) is 11.3 Å². The second-order valence-electron chi connectivity index (χ2n) is 6.85. The van der Waals surface area contributed by atoms with Crippen molar-refractivity contribution < 1.29 is 24.9 Å². The van der Waals surface area contributed by atoms with Crippen LogP contribution in [0, 0.1) is 0 Å². The van der Waals surface area contributed by atoms with E-state index < -0.39 is 11.9 Å². The van der Waals surface area contributed by atoms with Crippen molar-refractivity contribution >= 4 is 22.8 Å². The number of phenols is 1. The summed E-state index contributed by atoms with van der Waals surface area (Å²) in [5.74, 6) is -1.85. The number of aromatic hydroxyl groups is 1. The quantitative estimate of drug-likeness (QED) is 0.615. The molecule has 0 bridgehead atoms. The third kappa shape index (κ3) is 3.51. The van der Waals surface area contributed by atoms with Crippen LogP contribution in [0.5, 0.6) is 5.75 Å². The van der Waals surface area contributed by atoms with Crippen molar-refractivity contribution in [2.75, 3.05) is 0 Å². The van der Waals surface area contributed by atoms with E-state index in [1.165, 1.54) is 6.07 Å². The van der Waals surface area contributed by atoms with Crippen molar-refractivity contribution in [3.05, 3.63) is 64.8 Å². The second kappa shape index (κ2) is 7.15. The highest BCUT2D eigenvalue weighted by atomic mass is 16.4. The van der Waals surface area contributed by atoms with Gasteiger partial charge < -0.3 is 19.9 Å². The number of aromatic carboxylic acids is 1. The first-order chi connectivity index (χ1) is 12.8. The van der Waals surface area contributed by atoms with Gasteiger partial charge in [0.25, 0.3) is 0 Å². The van der Waals surface area contributed by atoms with E-state index in [1.54, 1.807) is 36.4 Å². The fraction of sp³-hybridized carbons (Fsp3) is 0.238. The van der Waals surface area contributed by atoms with Crippen LogP contribution in [0.15, 0.2) is 42.5 Å². The highest BCUT2D eigenvalue weighted by Crippen LogP contribution is 2.34. The van der Waals surface area contributed by atoms with E-state index in [9.17, 15) is 24.9 Å². The molecule has 0 fully saturated rings. The van der Waals surface area contributed by atoms with Crippen molar-refractivity contribution in [2.24, 2.45) is 0 Å². The Labute approximate surface area is 156 Å². The topological polar surface area (TPSA) is 99.8 Å². The average molecular weight is 367 g/mol. The normalized spacial score (nSPS) is 11.2. The lowest BCUT2D eigenvalue weighted by Crippen LogP contribution is -2.11. The van der Waals surface area contributed by atoms with Gasteiger partial charge in [0.15, 0.2) is 0 Å². The molecule has 0 atom stereocenters. The first-order valence-electron chi connectivity index (χ1n) is 8.66. The lowest BCUT2D eigenvalue weighted by molar-refractivity contribution is -0.136. The number of benzene rings is 2. The summed E-state index contributed by atoms with van der Waals surface area (Å²) in [6, 6.07) is 11.6. The van der Waals surface area contributed by atoms with Crippen LogP contribution in [0.4, 0.5) is 0 Å². The number of carboxylic acid groups (broad SMARTS) is 2. The van der Waals surface area contributed by atoms with Gasteiger partial charge >= 0.3 is 11.9 Å². The van der Waals surface area contributed by atoms with Gasteiger partial charge in [0.05, 0.1) is 17.5 Å². The number of aliphatic carboxylic acids is 1. The summed E-state index contributed by atoms with van der Waals surface area (Å²) in [6.45, 7) is 4.31. The predicted molar refractivity (Wildman–Crippen MR) is 102 cm³/mol. The summed E-state index contributed by atoms with van der Waals surface area (Å²) in [5, 5.41) is 29.2. The Morgan fingerprint density at radius 1 is 1.04 bits per heavy atom. The van der Waals surface area contributed by atoms with E-state index in [2.05, 4.69) is 0 Å². The van der Waals surface area contributed by atoms with Crippen LogP contribution >= 0.6 is 0 Å². The largest absolute Gasteiger partial charge is 0.508 e. The van der Waals surface area contributed by atoms with Gasteiger partial charge in [-0.3, -0.25) is 4.79 Å². The number of aromatic nitrogens is 1. The molecule has 3 N–H and O–H groups in total. The standard InChI is InChI=1S/C21H21NO5/c1-12(2)19-17(10-18(24)25)15-4-3-5-16(21(26)27)20(15)22(19)11-13-6-8-14(23)9-7-13/h3-9,12,23H,10-11H2,1-2H3,(H,24,25)(H,26,27). The van der Waals surface area contributed by atoms with Gasteiger partial charge in [-0.15, -0.1) is 0 Å². The first-order valence-corrected chi connectivity index (χ1v) is 8.66. The van der Waals surface area contributed by atoms with E-state index in [-0.39, 0.29) is 23.7 Å². The molecule has 0 unspecified atom stereocenters. The number of carbonyl (C=O) groups is 2. The van der Waals surface area contributed by atoms with Crippen LogP contribution in [0.2, 0.25) is 0 Å². The number of fused-ring (bicyclic) bond motifs is 1. The van der Waals surface area contributed by atoms with Crippen LogP contribution in [0.1, 0.15) is 46.9 Å². The third-order valence-electron chi connectivity index (χ3n) is 4.61. The molecule has 0 aliphatic heterocycles. The molecule has 140 valence electrons. The molecular weight excluding hydrogens is 346 g/mol. The molecule has 1 heterocycles. The number of phenolic OH excluding ortho intramolecular Hbond substituents is 1. The van der Waals surface area contributed by atoms with Crippen LogP contribution in [-0.2, 0) is 17.8 Å². The summed E-state index contributed by atoms with van der Waals surface area (Å²) in [7, 11) is 0. The first kappa shape index (κ1) is 18.5. The summed E-state index contributed by atoms with van der Waals surface area (Å²) in [4.78, 5) is 23.3. The monoisotopic (exact) mass is 367 g/mol. The van der Waals surface area contributed by atoms with E-state index in [1.807, 2.05) is 18.4 Å². The Morgan fingerprint density at radius 3 is 2.26 bits per heavy atom. The number of rotatable bonds is 6. The molecule has 0 aliphatic rings. The zero-order valence-electron chi connectivity index (χ0n) is 15.1. The molecule has 6 heteroatoms. The molecule has 0 aliphatic carbocycles. The van der Waals surface area contributed by atoms with Gasteiger partial charge in [0, 0.05) is 17.6 Å². The van der Waals surface area contributed by atoms with Crippen LogP contribution in [0.25, 0.3) is 10.9 Å². The van der Waals surface area contributed by atoms with Crippen molar-refractivity contribution in [2.45, 2.75) is 32.7 Å². The molecule has 0 saturated carbocycles. The second-order valence-corrected chi connectivity index (χ2v) is 6.85. The molecule has 3 rings (SSSR count). The minimum Gasteiger partial charge on any atom is -0.508 e. The Balaban J connectivity index is 2.33.